The van der Waals surface area contributed by atoms with Gasteiger partial charge in [0.15, 0.2) is 5.96 Å². The normalized spacial score (nSPS) is 11.1. The van der Waals surface area contributed by atoms with Crippen LogP contribution in [-0.2, 0) is 6.54 Å². The molecule has 0 spiro atoms. The second kappa shape index (κ2) is 11.6. The molecule has 0 aromatic heterocycles. The van der Waals surface area contributed by atoms with Gasteiger partial charge in [-0.25, -0.2) is 0 Å². The Labute approximate surface area is 152 Å². The van der Waals surface area contributed by atoms with E-state index >= 15 is 0 Å². The highest BCUT2D eigenvalue weighted by atomic mass is 127. The van der Waals surface area contributed by atoms with Gasteiger partial charge in [0.05, 0.1) is 7.11 Å². The summed E-state index contributed by atoms with van der Waals surface area (Å²) in [6.45, 7) is 8.21. The van der Waals surface area contributed by atoms with E-state index in [1.807, 2.05) is 0 Å². The van der Waals surface area contributed by atoms with E-state index in [4.69, 9.17) is 4.74 Å². The van der Waals surface area contributed by atoms with Crippen molar-refractivity contribution in [2.45, 2.75) is 40.2 Å². The zero-order valence-electron chi connectivity index (χ0n) is 14.4. The summed E-state index contributed by atoms with van der Waals surface area (Å²) in [7, 11) is 3.50. The summed E-state index contributed by atoms with van der Waals surface area (Å²) in [5.74, 6) is 2.50. The third kappa shape index (κ3) is 7.87. The summed E-state index contributed by atoms with van der Waals surface area (Å²) < 4.78 is 5.42. The van der Waals surface area contributed by atoms with Crippen LogP contribution < -0.4 is 15.4 Å². The van der Waals surface area contributed by atoms with Crippen molar-refractivity contribution < 1.29 is 4.74 Å². The molecule has 2 N–H and O–H groups in total. The van der Waals surface area contributed by atoms with Crippen molar-refractivity contribution >= 4 is 29.9 Å². The molecule has 5 heteroatoms. The minimum atomic E-state index is 0. The van der Waals surface area contributed by atoms with Crippen molar-refractivity contribution in [2.75, 3.05) is 20.7 Å². The van der Waals surface area contributed by atoms with E-state index in [2.05, 4.69) is 54.6 Å². The summed E-state index contributed by atoms with van der Waals surface area (Å²) in [4.78, 5) is 4.25. The molecular weight excluding hydrogens is 389 g/mol. The smallest absolute Gasteiger partial charge is 0.191 e. The van der Waals surface area contributed by atoms with Crippen molar-refractivity contribution in [3.63, 3.8) is 0 Å². The molecule has 126 valence electrons. The third-order valence-corrected chi connectivity index (χ3v) is 3.36. The molecule has 1 aromatic carbocycles. The van der Waals surface area contributed by atoms with Gasteiger partial charge in [0.1, 0.15) is 5.75 Å². The third-order valence-electron chi connectivity index (χ3n) is 3.36. The molecule has 0 aliphatic rings. The average Bonchev–Trinajstić information content (AvgIpc) is 2.47. The fourth-order valence-corrected chi connectivity index (χ4v) is 2.11. The maximum absolute atomic E-state index is 5.42. The molecule has 0 unspecified atom stereocenters. The zero-order valence-corrected chi connectivity index (χ0v) is 16.7. The molecule has 0 saturated carbocycles. The summed E-state index contributed by atoms with van der Waals surface area (Å²) in [6, 6.07) is 6.24. The first-order valence-electron chi connectivity index (χ1n) is 7.64. The molecule has 0 amide bonds. The first-order chi connectivity index (χ1) is 10.1. The number of hydrogen-bond acceptors (Lipinski definition) is 2. The molecule has 0 atom stereocenters. The Bertz CT molecular complexity index is 461. The number of aryl methyl sites for hydroxylation is 1. The van der Waals surface area contributed by atoms with Crippen LogP contribution in [0, 0.1) is 12.8 Å². The van der Waals surface area contributed by atoms with Crippen LogP contribution in [-0.4, -0.2) is 26.7 Å². The van der Waals surface area contributed by atoms with Crippen molar-refractivity contribution in [1.82, 2.24) is 10.6 Å². The Hall–Kier alpha value is -0.980. The van der Waals surface area contributed by atoms with E-state index < -0.39 is 0 Å². The monoisotopic (exact) mass is 419 g/mol. The van der Waals surface area contributed by atoms with Crippen LogP contribution in [0.3, 0.4) is 0 Å². The minimum absolute atomic E-state index is 0. The van der Waals surface area contributed by atoms with Crippen molar-refractivity contribution in [1.29, 1.82) is 0 Å². The molecule has 0 fully saturated rings. The summed E-state index contributed by atoms with van der Waals surface area (Å²) in [5, 5.41) is 6.67. The number of benzene rings is 1. The summed E-state index contributed by atoms with van der Waals surface area (Å²) in [6.07, 6.45) is 2.39. The van der Waals surface area contributed by atoms with Crippen molar-refractivity contribution in [3.05, 3.63) is 29.3 Å². The fourth-order valence-electron chi connectivity index (χ4n) is 2.11. The Morgan fingerprint density at radius 2 is 2.00 bits per heavy atom. The highest BCUT2D eigenvalue weighted by molar-refractivity contribution is 14.0. The van der Waals surface area contributed by atoms with Crippen LogP contribution in [0.5, 0.6) is 5.75 Å². The van der Waals surface area contributed by atoms with Crippen LogP contribution in [0.25, 0.3) is 0 Å². The molecule has 0 aliphatic carbocycles. The maximum atomic E-state index is 5.42. The van der Waals surface area contributed by atoms with E-state index in [1.165, 1.54) is 12.0 Å². The molecule has 1 aromatic rings. The standard InChI is InChI=1S/C17H29N3O.HI/c1-13(2)7-6-10-19-17(18-4)20-12-15-9-8-14(3)11-16(15)21-5;/h8-9,11,13H,6-7,10,12H2,1-5H3,(H2,18,19,20);1H. The van der Waals surface area contributed by atoms with Gasteiger partial charge in [0.25, 0.3) is 0 Å². The Morgan fingerprint density at radius 3 is 2.59 bits per heavy atom. The number of hydrogen-bond donors (Lipinski definition) is 2. The quantitative estimate of drug-likeness (QED) is 0.307. The highest BCUT2D eigenvalue weighted by Crippen LogP contribution is 2.19. The van der Waals surface area contributed by atoms with Crippen LogP contribution in [0.1, 0.15) is 37.8 Å². The highest BCUT2D eigenvalue weighted by Gasteiger charge is 2.04. The largest absolute Gasteiger partial charge is 0.496 e. The van der Waals surface area contributed by atoms with Gasteiger partial charge in [-0.2, -0.15) is 0 Å². The number of rotatable bonds is 7. The number of guanidine groups is 1. The molecule has 22 heavy (non-hydrogen) atoms. The van der Waals surface area contributed by atoms with Crippen LogP contribution in [0.2, 0.25) is 0 Å². The molecular formula is C17H30IN3O. The number of methoxy groups -OCH3 is 1. The predicted octanol–water partition coefficient (Wildman–Crippen LogP) is 3.72. The van der Waals surface area contributed by atoms with Crippen molar-refractivity contribution in [2.24, 2.45) is 10.9 Å². The minimum Gasteiger partial charge on any atom is -0.496 e. The molecule has 4 nitrogen and oxygen atoms in total. The molecule has 0 bridgehead atoms. The lowest BCUT2D eigenvalue weighted by Gasteiger charge is -2.14. The van der Waals surface area contributed by atoms with Gasteiger partial charge >= 0.3 is 0 Å². The van der Waals surface area contributed by atoms with Gasteiger partial charge in [-0.15, -0.1) is 24.0 Å². The average molecular weight is 419 g/mol. The number of nitrogens with one attached hydrogen (secondary N) is 2. The van der Waals surface area contributed by atoms with E-state index in [0.717, 1.165) is 36.2 Å². The Balaban J connectivity index is 0.00000441. The second-order valence-corrected chi connectivity index (χ2v) is 5.70. The number of halogens is 1. The second-order valence-electron chi connectivity index (χ2n) is 5.70. The van der Waals surface area contributed by atoms with Gasteiger partial charge in [-0.1, -0.05) is 26.0 Å². The zero-order chi connectivity index (χ0) is 15.7. The number of aliphatic imine (C=N–C) groups is 1. The fraction of sp³-hybridized carbons (Fsp3) is 0.588. The summed E-state index contributed by atoms with van der Waals surface area (Å²) >= 11 is 0. The molecule has 0 saturated heterocycles. The predicted molar refractivity (Wildman–Crippen MR) is 105 cm³/mol. The van der Waals surface area contributed by atoms with Gasteiger partial charge in [-0.05, 0) is 37.3 Å². The van der Waals surface area contributed by atoms with Gasteiger partial charge in [-0.3, -0.25) is 4.99 Å². The lowest BCUT2D eigenvalue weighted by atomic mass is 10.1. The molecule has 0 radical (unpaired) electrons. The van der Waals surface area contributed by atoms with Crippen LogP contribution in [0.15, 0.2) is 23.2 Å². The van der Waals surface area contributed by atoms with E-state index in [0.29, 0.717) is 6.54 Å². The van der Waals surface area contributed by atoms with Crippen molar-refractivity contribution in [3.8, 4) is 5.75 Å². The lowest BCUT2D eigenvalue weighted by Crippen LogP contribution is -2.37. The number of nitrogens with zero attached hydrogens (tertiary/aromatic N) is 1. The molecule has 0 heterocycles. The van der Waals surface area contributed by atoms with E-state index in [1.54, 1.807) is 14.2 Å². The first kappa shape index (κ1) is 21.0. The van der Waals surface area contributed by atoms with E-state index in [-0.39, 0.29) is 24.0 Å². The lowest BCUT2D eigenvalue weighted by molar-refractivity contribution is 0.408. The Morgan fingerprint density at radius 1 is 1.27 bits per heavy atom. The van der Waals surface area contributed by atoms with Crippen LogP contribution in [0.4, 0.5) is 0 Å². The summed E-state index contributed by atoms with van der Waals surface area (Å²) in [5.41, 5.74) is 2.33. The molecule has 0 aliphatic heterocycles. The SMILES string of the molecule is CN=C(NCCCC(C)C)NCc1ccc(C)cc1OC.I. The Kier molecular flexibility index (Phi) is 11.1. The molecule has 1 rings (SSSR count). The van der Waals surface area contributed by atoms with Gasteiger partial charge in [0, 0.05) is 25.7 Å². The van der Waals surface area contributed by atoms with E-state index in [9.17, 15) is 0 Å². The van der Waals surface area contributed by atoms with Gasteiger partial charge < -0.3 is 15.4 Å². The first-order valence-corrected chi connectivity index (χ1v) is 7.64. The van der Waals surface area contributed by atoms with Gasteiger partial charge in [0.2, 0.25) is 0 Å². The topological polar surface area (TPSA) is 45.7 Å². The maximum Gasteiger partial charge on any atom is 0.191 e. The van der Waals surface area contributed by atoms with Crippen LogP contribution >= 0.6 is 24.0 Å². The number of ether oxygens (including phenoxy) is 1.